The molecule has 4 rings (SSSR count). The number of hydrogen-bond donors (Lipinski definition) is 1. The van der Waals surface area contributed by atoms with Crippen molar-refractivity contribution < 1.29 is 13.6 Å². The molecule has 4 aromatic rings. The van der Waals surface area contributed by atoms with Gasteiger partial charge in [0.25, 0.3) is 5.56 Å². The van der Waals surface area contributed by atoms with Gasteiger partial charge < -0.3 is 5.32 Å². The van der Waals surface area contributed by atoms with Crippen LogP contribution in [-0.2, 0) is 11.3 Å². The molecule has 0 aliphatic carbocycles. The number of anilines is 1. The number of benzene rings is 2. The smallest absolute Gasteiger partial charge is 0.264 e. The molecule has 0 bridgehead atoms. The van der Waals surface area contributed by atoms with Gasteiger partial charge in [0.1, 0.15) is 23.2 Å². The third-order valence-corrected chi connectivity index (χ3v) is 5.10. The monoisotopic (exact) mass is 424 g/mol. The summed E-state index contributed by atoms with van der Waals surface area (Å²) < 4.78 is 27.8. The summed E-state index contributed by atoms with van der Waals surface area (Å²) in [6.07, 6.45) is 2.61. The van der Waals surface area contributed by atoms with Gasteiger partial charge in [-0.05, 0) is 12.1 Å². The van der Waals surface area contributed by atoms with Crippen LogP contribution in [0.3, 0.4) is 0 Å². The molecule has 6 nitrogen and oxygen atoms in total. The molecule has 2 heterocycles. The second kappa shape index (κ2) is 8.34. The normalized spacial score (nSPS) is 10.7. The highest BCUT2D eigenvalue weighted by molar-refractivity contribution is 7.13. The Morgan fingerprint density at radius 1 is 1.13 bits per heavy atom. The van der Waals surface area contributed by atoms with E-state index < -0.39 is 23.1 Å². The first-order valence-electron chi connectivity index (χ1n) is 8.82. The lowest BCUT2D eigenvalue weighted by Gasteiger charge is -2.08. The second-order valence-corrected chi connectivity index (χ2v) is 7.17. The molecular formula is C21H14F2N4O2S. The summed E-state index contributed by atoms with van der Waals surface area (Å²) in [6.45, 7) is -0.382. The molecule has 0 spiro atoms. The fourth-order valence-corrected chi connectivity index (χ4v) is 3.61. The highest BCUT2D eigenvalue weighted by atomic mass is 32.1. The zero-order valence-corrected chi connectivity index (χ0v) is 16.2. The van der Waals surface area contributed by atoms with Crippen LogP contribution in [-0.4, -0.2) is 20.4 Å². The fraction of sp³-hybridized carbons (Fsp3) is 0.0476. The van der Waals surface area contributed by atoms with E-state index in [4.69, 9.17) is 0 Å². The summed E-state index contributed by atoms with van der Waals surface area (Å²) in [6, 6.07) is 12.3. The Bertz CT molecular complexity index is 1270. The van der Waals surface area contributed by atoms with Crippen molar-refractivity contribution in [3.63, 3.8) is 0 Å². The van der Waals surface area contributed by atoms with E-state index in [0.29, 0.717) is 11.1 Å². The predicted octanol–water partition coefficient (Wildman–Crippen LogP) is 3.95. The Balaban J connectivity index is 1.55. The molecule has 150 valence electrons. The third kappa shape index (κ3) is 4.15. The molecule has 1 amide bonds. The lowest BCUT2D eigenvalue weighted by atomic mass is 10.2. The average molecular weight is 424 g/mol. The van der Waals surface area contributed by atoms with Gasteiger partial charge in [-0.25, -0.2) is 18.7 Å². The standard InChI is InChI=1S/C21H14F2N4O2S/c22-14-6-7-17(16(23)8-14)25-19(28)10-27-12-24-9-15(21(27)29)20-26-18(11-30-20)13-4-2-1-3-5-13/h1-9,11-12H,10H2,(H,25,28). The van der Waals surface area contributed by atoms with E-state index in [2.05, 4.69) is 15.3 Å². The van der Waals surface area contributed by atoms with Crippen molar-refractivity contribution in [2.75, 3.05) is 5.32 Å². The minimum atomic E-state index is -0.904. The molecule has 0 radical (unpaired) electrons. The topological polar surface area (TPSA) is 76.9 Å². The molecule has 0 fully saturated rings. The molecule has 0 aliphatic heterocycles. The molecule has 2 aromatic carbocycles. The zero-order chi connectivity index (χ0) is 21.1. The van der Waals surface area contributed by atoms with E-state index in [9.17, 15) is 18.4 Å². The van der Waals surface area contributed by atoms with E-state index in [0.717, 1.165) is 28.0 Å². The van der Waals surface area contributed by atoms with Crippen molar-refractivity contribution in [1.29, 1.82) is 0 Å². The van der Waals surface area contributed by atoms with Crippen LogP contribution in [0.25, 0.3) is 21.8 Å². The van der Waals surface area contributed by atoms with E-state index >= 15 is 0 Å². The SMILES string of the molecule is O=C(Cn1cncc(-c2nc(-c3ccccc3)cs2)c1=O)Nc1ccc(F)cc1F. The predicted molar refractivity (Wildman–Crippen MR) is 110 cm³/mol. The van der Waals surface area contributed by atoms with Crippen molar-refractivity contribution in [3.05, 3.63) is 88.4 Å². The fourth-order valence-electron chi connectivity index (χ4n) is 2.78. The summed E-state index contributed by atoms with van der Waals surface area (Å²) in [7, 11) is 0. The Hall–Kier alpha value is -3.72. The molecule has 0 atom stereocenters. The van der Waals surface area contributed by atoms with Crippen molar-refractivity contribution in [2.45, 2.75) is 6.54 Å². The van der Waals surface area contributed by atoms with Crippen LogP contribution >= 0.6 is 11.3 Å². The van der Waals surface area contributed by atoms with Gasteiger partial charge in [0.05, 0.1) is 23.3 Å². The Morgan fingerprint density at radius 2 is 1.93 bits per heavy atom. The maximum Gasteiger partial charge on any atom is 0.264 e. The second-order valence-electron chi connectivity index (χ2n) is 6.32. The number of aromatic nitrogens is 3. The van der Waals surface area contributed by atoms with Gasteiger partial charge in [-0.3, -0.25) is 14.2 Å². The molecule has 0 unspecified atom stereocenters. The minimum absolute atomic E-state index is 0.175. The maximum atomic E-state index is 13.7. The van der Waals surface area contributed by atoms with E-state index in [1.807, 2.05) is 35.7 Å². The first-order chi connectivity index (χ1) is 14.5. The van der Waals surface area contributed by atoms with Crippen molar-refractivity contribution in [2.24, 2.45) is 0 Å². The van der Waals surface area contributed by atoms with Crippen LogP contribution in [0.1, 0.15) is 0 Å². The van der Waals surface area contributed by atoms with Gasteiger partial charge in [-0.2, -0.15) is 0 Å². The maximum absolute atomic E-state index is 13.7. The summed E-state index contributed by atoms with van der Waals surface area (Å²) in [5.41, 5.74) is 1.28. The first kappa shape index (κ1) is 19.6. The molecule has 0 saturated heterocycles. The lowest BCUT2D eigenvalue weighted by Crippen LogP contribution is -2.28. The van der Waals surface area contributed by atoms with Crippen molar-refractivity contribution in [1.82, 2.24) is 14.5 Å². The highest BCUT2D eigenvalue weighted by Gasteiger charge is 2.14. The molecular weight excluding hydrogens is 410 g/mol. The molecule has 0 saturated carbocycles. The molecule has 0 aliphatic rings. The van der Waals surface area contributed by atoms with Crippen molar-refractivity contribution in [3.8, 4) is 21.8 Å². The molecule has 30 heavy (non-hydrogen) atoms. The number of nitrogens with one attached hydrogen (secondary N) is 1. The molecule has 9 heteroatoms. The number of amides is 1. The number of carbonyl (C=O) groups excluding carboxylic acids is 1. The minimum Gasteiger partial charge on any atom is -0.322 e. The summed E-state index contributed by atoms with van der Waals surface area (Å²) in [4.78, 5) is 33.6. The summed E-state index contributed by atoms with van der Waals surface area (Å²) in [5.74, 6) is -2.30. The quantitative estimate of drug-likeness (QED) is 0.526. The van der Waals surface area contributed by atoms with Gasteiger partial charge in [0, 0.05) is 23.2 Å². The number of halogens is 2. The third-order valence-electron chi connectivity index (χ3n) is 4.22. The van der Waals surface area contributed by atoms with Gasteiger partial charge in [0.2, 0.25) is 5.91 Å². The number of rotatable bonds is 5. The van der Waals surface area contributed by atoms with Gasteiger partial charge in [-0.15, -0.1) is 11.3 Å². The molecule has 2 aromatic heterocycles. The van der Waals surface area contributed by atoms with Crippen LogP contribution in [0.5, 0.6) is 0 Å². The lowest BCUT2D eigenvalue weighted by molar-refractivity contribution is -0.116. The van der Waals surface area contributed by atoms with Gasteiger partial charge in [0.15, 0.2) is 0 Å². The van der Waals surface area contributed by atoms with Crippen LogP contribution < -0.4 is 10.9 Å². The summed E-state index contributed by atoms with van der Waals surface area (Å²) >= 11 is 1.30. The van der Waals surface area contributed by atoms with E-state index in [1.54, 1.807) is 0 Å². The van der Waals surface area contributed by atoms with Crippen LogP contribution in [0, 0.1) is 11.6 Å². The molecule has 1 N–H and O–H groups in total. The van der Waals surface area contributed by atoms with Gasteiger partial charge >= 0.3 is 0 Å². The van der Waals surface area contributed by atoms with Crippen LogP contribution in [0.15, 0.2) is 71.2 Å². The Morgan fingerprint density at radius 3 is 2.70 bits per heavy atom. The highest BCUT2D eigenvalue weighted by Crippen LogP contribution is 2.26. The first-order valence-corrected chi connectivity index (χ1v) is 9.70. The number of hydrogen-bond acceptors (Lipinski definition) is 5. The van der Waals surface area contributed by atoms with Crippen molar-refractivity contribution >= 4 is 22.9 Å². The zero-order valence-electron chi connectivity index (χ0n) is 15.4. The van der Waals surface area contributed by atoms with E-state index in [-0.39, 0.29) is 17.8 Å². The van der Waals surface area contributed by atoms with E-state index in [1.165, 1.54) is 23.9 Å². The largest absolute Gasteiger partial charge is 0.322 e. The van der Waals surface area contributed by atoms with Crippen LogP contribution in [0.4, 0.5) is 14.5 Å². The Kier molecular flexibility index (Phi) is 5.44. The number of carbonyl (C=O) groups is 1. The number of nitrogens with zero attached hydrogens (tertiary/aromatic N) is 3. The summed E-state index contributed by atoms with van der Waals surface area (Å²) in [5, 5.41) is 4.63. The average Bonchev–Trinajstić information content (AvgIpc) is 3.22. The number of thiazole rings is 1. The van der Waals surface area contributed by atoms with Gasteiger partial charge in [-0.1, -0.05) is 30.3 Å². The van der Waals surface area contributed by atoms with Crippen LogP contribution in [0.2, 0.25) is 0 Å². The Labute approximate surface area is 173 Å².